The monoisotopic (exact) mass is 237 g/mol. The zero-order valence-corrected chi connectivity index (χ0v) is 10.1. The van der Waals surface area contributed by atoms with Crippen LogP contribution < -0.4 is 11.1 Å². The predicted molar refractivity (Wildman–Crippen MR) is 68.1 cm³/mol. The van der Waals surface area contributed by atoms with Crippen molar-refractivity contribution in [3.05, 3.63) is 39.4 Å². The number of hydrogen-bond acceptors (Lipinski definition) is 4. The Morgan fingerprint density at radius 2 is 2.18 bits per heavy atom. The second kappa shape index (κ2) is 6.98. The van der Waals surface area contributed by atoms with Gasteiger partial charge in [-0.25, -0.2) is 0 Å². The van der Waals surface area contributed by atoms with Gasteiger partial charge in [0.05, 0.1) is 4.92 Å². The molecule has 0 aliphatic heterocycles. The van der Waals surface area contributed by atoms with Crippen LogP contribution in [0.1, 0.15) is 17.5 Å². The Labute approximate surface area is 101 Å². The van der Waals surface area contributed by atoms with E-state index < -0.39 is 0 Å². The SMILES string of the molecule is Cc1ccc([N+](=O)[O-])cc1CCCNCCN. The Kier molecular flexibility index (Phi) is 5.59. The Morgan fingerprint density at radius 1 is 1.41 bits per heavy atom. The minimum absolute atomic E-state index is 0.167. The van der Waals surface area contributed by atoms with Crippen molar-refractivity contribution in [2.24, 2.45) is 5.73 Å². The number of benzene rings is 1. The van der Waals surface area contributed by atoms with E-state index in [0.717, 1.165) is 37.1 Å². The Morgan fingerprint density at radius 3 is 2.82 bits per heavy atom. The topological polar surface area (TPSA) is 81.2 Å². The van der Waals surface area contributed by atoms with Crippen LogP contribution in [0.5, 0.6) is 0 Å². The van der Waals surface area contributed by atoms with Crippen molar-refractivity contribution in [2.75, 3.05) is 19.6 Å². The van der Waals surface area contributed by atoms with Crippen LogP contribution in [-0.4, -0.2) is 24.6 Å². The van der Waals surface area contributed by atoms with Crippen LogP contribution in [-0.2, 0) is 6.42 Å². The van der Waals surface area contributed by atoms with Crippen LogP contribution in [0.4, 0.5) is 5.69 Å². The molecule has 1 aromatic carbocycles. The average molecular weight is 237 g/mol. The van der Waals surface area contributed by atoms with Gasteiger partial charge in [0, 0.05) is 25.2 Å². The summed E-state index contributed by atoms with van der Waals surface area (Å²) in [4.78, 5) is 10.3. The van der Waals surface area contributed by atoms with Crippen LogP contribution in [0.3, 0.4) is 0 Å². The highest BCUT2D eigenvalue weighted by Gasteiger charge is 2.07. The van der Waals surface area contributed by atoms with Crippen LogP contribution >= 0.6 is 0 Å². The van der Waals surface area contributed by atoms with Crippen molar-refractivity contribution in [3.63, 3.8) is 0 Å². The van der Waals surface area contributed by atoms with Gasteiger partial charge in [-0.1, -0.05) is 6.07 Å². The molecule has 94 valence electrons. The van der Waals surface area contributed by atoms with E-state index in [1.807, 2.05) is 6.92 Å². The number of nitrogens with zero attached hydrogens (tertiary/aromatic N) is 1. The molecule has 0 aliphatic carbocycles. The molecular weight excluding hydrogens is 218 g/mol. The summed E-state index contributed by atoms with van der Waals surface area (Å²) in [5.74, 6) is 0. The maximum Gasteiger partial charge on any atom is 0.269 e. The quantitative estimate of drug-likeness (QED) is 0.426. The van der Waals surface area contributed by atoms with E-state index in [9.17, 15) is 10.1 Å². The highest BCUT2D eigenvalue weighted by molar-refractivity contribution is 5.39. The molecule has 0 radical (unpaired) electrons. The van der Waals surface area contributed by atoms with Gasteiger partial charge in [-0.3, -0.25) is 10.1 Å². The largest absolute Gasteiger partial charge is 0.329 e. The average Bonchev–Trinajstić information content (AvgIpc) is 2.30. The summed E-state index contributed by atoms with van der Waals surface area (Å²) in [7, 11) is 0. The molecule has 0 saturated carbocycles. The van der Waals surface area contributed by atoms with Crippen molar-refractivity contribution >= 4 is 5.69 Å². The summed E-state index contributed by atoms with van der Waals surface area (Å²) < 4.78 is 0. The minimum atomic E-state index is -0.352. The molecule has 0 heterocycles. The van der Waals surface area contributed by atoms with Gasteiger partial charge >= 0.3 is 0 Å². The van der Waals surface area contributed by atoms with E-state index in [1.165, 1.54) is 0 Å². The predicted octanol–water partition coefficient (Wildman–Crippen LogP) is 1.38. The second-order valence-electron chi connectivity index (χ2n) is 4.01. The summed E-state index contributed by atoms with van der Waals surface area (Å²) in [6.07, 6.45) is 1.81. The summed E-state index contributed by atoms with van der Waals surface area (Å²) in [5.41, 5.74) is 7.68. The number of rotatable bonds is 7. The highest BCUT2D eigenvalue weighted by atomic mass is 16.6. The van der Waals surface area contributed by atoms with E-state index in [2.05, 4.69) is 5.32 Å². The molecule has 0 amide bonds. The lowest BCUT2D eigenvalue weighted by Gasteiger charge is -2.06. The van der Waals surface area contributed by atoms with E-state index in [0.29, 0.717) is 6.54 Å². The lowest BCUT2D eigenvalue weighted by Crippen LogP contribution is -2.23. The van der Waals surface area contributed by atoms with Gasteiger partial charge in [0.25, 0.3) is 5.69 Å². The molecule has 5 nitrogen and oxygen atoms in total. The first-order valence-corrected chi connectivity index (χ1v) is 5.80. The molecule has 0 atom stereocenters. The standard InChI is InChI=1S/C12H19N3O2/c1-10-4-5-12(15(16)17)9-11(10)3-2-7-14-8-6-13/h4-5,9,14H,2-3,6-8,13H2,1H3. The second-order valence-corrected chi connectivity index (χ2v) is 4.01. The smallest absolute Gasteiger partial charge is 0.269 e. The zero-order chi connectivity index (χ0) is 12.7. The van der Waals surface area contributed by atoms with Crippen molar-refractivity contribution in [1.29, 1.82) is 0 Å². The zero-order valence-electron chi connectivity index (χ0n) is 10.1. The van der Waals surface area contributed by atoms with Crippen molar-refractivity contribution in [2.45, 2.75) is 19.8 Å². The first-order chi connectivity index (χ1) is 8.15. The number of non-ortho nitro benzene ring substituents is 1. The molecule has 1 aromatic rings. The van der Waals surface area contributed by atoms with Crippen LogP contribution in [0, 0.1) is 17.0 Å². The number of aryl methyl sites for hydroxylation is 2. The van der Waals surface area contributed by atoms with Gasteiger partial charge in [-0.2, -0.15) is 0 Å². The fraction of sp³-hybridized carbons (Fsp3) is 0.500. The third-order valence-corrected chi connectivity index (χ3v) is 2.66. The van der Waals surface area contributed by atoms with Crippen LogP contribution in [0.2, 0.25) is 0 Å². The van der Waals surface area contributed by atoms with E-state index in [1.54, 1.807) is 18.2 Å². The Hall–Kier alpha value is -1.46. The molecular formula is C12H19N3O2. The third kappa shape index (κ3) is 4.50. The third-order valence-electron chi connectivity index (χ3n) is 2.66. The normalized spacial score (nSPS) is 10.5. The molecule has 17 heavy (non-hydrogen) atoms. The van der Waals surface area contributed by atoms with Crippen LogP contribution in [0.15, 0.2) is 18.2 Å². The van der Waals surface area contributed by atoms with Gasteiger partial charge in [0.15, 0.2) is 0 Å². The Bertz CT molecular complexity index is 380. The first-order valence-electron chi connectivity index (χ1n) is 5.80. The van der Waals surface area contributed by atoms with Crippen molar-refractivity contribution in [1.82, 2.24) is 5.32 Å². The van der Waals surface area contributed by atoms with Crippen molar-refractivity contribution < 1.29 is 4.92 Å². The minimum Gasteiger partial charge on any atom is -0.329 e. The number of hydrogen-bond donors (Lipinski definition) is 2. The fourth-order valence-electron chi connectivity index (χ4n) is 1.67. The molecule has 1 rings (SSSR count). The lowest BCUT2D eigenvalue weighted by molar-refractivity contribution is -0.384. The molecule has 0 bridgehead atoms. The van der Waals surface area contributed by atoms with Gasteiger partial charge in [-0.15, -0.1) is 0 Å². The van der Waals surface area contributed by atoms with E-state index in [-0.39, 0.29) is 10.6 Å². The van der Waals surface area contributed by atoms with Crippen LogP contribution in [0.25, 0.3) is 0 Å². The number of nitrogens with two attached hydrogens (primary N) is 1. The maximum atomic E-state index is 10.7. The fourth-order valence-corrected chi connectivity index (χ4v) is 1.67. The summed E-state index contributed by atoms with van der Waals surface area (Å²) in [5, 5.41) is 13.9. The molecule has 0 fully saturated rings. The Balaban J connectivity index is 2.51. The number of nitro groups is 1. The molecule has 0 aromatic heterocycles. The van der Waals surface area contributed by atoms with E-state index in [4.69, 9.17) is 5.73 Å². The van der Waals surface area contributed by atoms with Crippen molar-refractivity contribution in [3.8, 4) is 0 Å². The molecule has 5 heteroatoms. The van der Waals surface area contributed by atoms with E-state index >= 15 is 0 Å². The maximum absolute atomic E-state index is 10.7. The molecule has 3 N–H and O–H groups in total. The number of nitro benzene ring substituents is 1. The molecule has 0 aliphatic rings. The highest BCUT2D eigenvalue weighted by Crippen LogP contribution is 2.18. The number of nitrogens with one attached hydrogen (secondary N) is 1. The van der Waals surface area contributed by atoms with Gasteiger partial charge < -0.3 is 11.1 Å². The molecule has 0 unspecified atom stereocenters. The first kappa shape index (κ1) is 13.6. The summed E-state index contributed by atoms with van der Waals surface area (Å²) in [6.45, 7) is 4.31. The lowest BCUT2D eigenvalue weighted by atomic mass is 10.0. The summed E-state index contributed by atoms with van der Waals surface area (Å²) >= 11 is 0. The van der Waals surface area contributed by atoms with Gasteiger partial charge in [0.2, 0.25) is 0 Å². The summed E-state index contributed by atoms with van der Waals surface area (Å²) in [6, 6.07) is 5.02. The van der Waals surface area contributed by atoms with Gasteiger partial charge in [-0.05, 0) is 37.4 Å². The molecule has 0 spiro atoms. The van der Waals surface area contributed by atoms with Gasteiger partial charge in [0.1, 0.15) is 0 Å². The molecule has 0 saturated heterocycles.